The molecule has 3 rings (SSSR count). The number of benzene rings is 2. The van der Waals surface area contributed by atoms with E-state index in [1.165, 1.54) is 6.21 Å². The molecule has 1 heterocycles. The summed E-state index contributed by atoms with van der Waals surface area (Å²) in [6.07, 6.45) is 1.05. The van der Waals surface area contributed by atoms with E-state index in [-0.39, 0.29) is 6.61 Å². The highest BCUT2D eigenvalue weighted by atomic mass is 79.9. The molecule has 1 aromatic heterocycles. The van der Waals surface area contributed by atoms with Gasteiger partial charge in [0.15, 0.2) is 0 Å². The number of carbonyl (C=O) groups excluding carboxylic acids is 2. The minimum absolute atomic E-state index is 0.211. The minimum atomic E-state index is -0.839. The minimum Gasteiger partial charge on any atom is -0.455 e. The molecule has 0 aliphatic heterocycles. The van der Waals surface area contributed by atoms with Crippen LogP contribution in [0.2, 0.25) is 0 Å². The Balaban J connectivity index is 1.63. The Morgan fingerprint density at radius 2 is 1.84 bits per heavy atom. The lowest BCUT2D eigenvalue weighted by molar-refractivity contribution is -0.123. The van der Waals surface area contributed by atoms with Gasteiger partial charge in [-0.05, 0) is 36.8 Å². The molecule has 0 saturated heterocycles. The zero-order valence-corrected chi connectivity index (χ0v) is 18.5. The number of hydrazone groups is 1. The number of alkyl carbamates (subject to hydrolysis) is 1. The van der Waals surface area contributed by atoms with Crippen LogP contribution in [-0.2, 0) is 16.0 Å². The molecule has 0 fully saturated rings. The zero-order valence-electron chi connectivity index (χ0n) is 16.9. The van der Waals surface area contributed by atoms with Crippen molar-refractivity contribution in [3.8, 4) is 11.3 Å². The summed E-state index contributed by atoms with van der Waals surface area (Å²) in [4.78, 5) is 24.4. The van der Waals surface area contributed by atoms with Crippen molar-refractivity contribution in [2.45, 2.75) is 19.4 Å². The highest BCUT2D eigenvalue weighted by Gasteiger charge is 2.21. The molecule has 160 valence electrons. The lowest BCUT2D eigenvalue weighted by Gasteiger charge is -2.16. The average Bonchev–Trinajstić information content (AvgIpc) is 3.23. The maximum atomic E-state index is 12.6. The van der Waals surface area contributed by atoms with Crippen molar-refractivity contribution in [2.75, 3.05) is 6.61 Å². The first-order chi connectivity index (χ1) is 15.0. The lowest BCUT2D eigenvalue weighted by Crippen LogP contribution is -2.47. The Bertz CT molecular complexity index is 1030. The molecule has 2 N–H and O–H groups in total. The molecule has 0 aliphatic carbocycles. The van der Waals surface area contributed by atoms with Crippen LogP contribution in [0.25, 0.3) is 11.3 Å². The van der Waals surface area contributed by atoms with E-state index in [1.807, 2.05) is 60.7 Å². The van der Waals surface area contributed by atoms with Crippen LogP contribution >= 0.6 is 15.9 Å². The molecule has 3 aromatic rings. The molecular formula is C23H22BrN3O4. The Labute approximate surface area is 188 Å². The number of furan rings is 1. The van der Waals surface area contributed by atoms with Gasteiger partial charge in [-0.1, -0.05) is 58.4 Å². The third-order valence-corrected chi connectivity index (χ3v) is 4.82. The monoisotopic (exact) mass is 483 g/mol. The zero-order chi connectivity index (χ0) is 22.1. The Hall–Kier alpha value is -3.39. The fraction of sp³-hybridized carbons (Fsp3) is 0.174. The number of nitrogens with one attached hydrogen (secondary N) is 2. The second-order valence-corrected chi connectivity index (χ2v) is 7.47. The van der Waals surface area contributed by atoms with E-state index in [2.05, 4.69) is 31.8 Å². The summed E-state index contributed by atoms with van der Waals surface area (Å²) in [5.74, 6) is 0.704. The summed E-state index contributed by atoms with van der Waals surface area (Å²) in [7, 11) is 0. The van der Waals surface area contributed by atoms with Gasteiger partial charge in [0.2, 0.25) is 0 Å². The largest absolute Gasteiger partial charge is 0.455 e. The van der Waals surface area contributed by atoms with E-state index in [4.69, 9.17) is 9.15 Å². The van der Waals surface area contributed by atoms with Gasteiger partial charge in [0.1, 0.15) is 17.6 Å². The Morgan fingerprint density at radius 1 is 1.10 bits per heavy atom. The van der Waals surface area contributed by atoms with Gasteiger partial charge in [0, 0.05) is 16.5 Å². The van der Waals surface area contributed by atoms with E-state index in [0.717, 1.165) is 15.6 Å². The third kappa shape index (κ3) is 6.82. The SMILES string of the molecule is CCOC(=O)N[C@@H](Cc1ccccc1)C(=O)N/N=C\c1ccc(-c2ccc(Br)cc2)o1. The molecule has 0 radical (unpaired) electrons. The summed E-state index contributed by atoms with van der Waals surface area (Å²) in [5, 5.41) is 6.53. The number of halogens is 1. The second kappa shape index (κ2) is 11.1. The highest BCUT2D eigenvalue weighted by molar-refractivity contribution is 9.10. The molecule has 0 saturated carbocycles. The molecule has 31 heavy (non-hydrogen) atoms. The maximum Gasteiger partial charge on any atom is 0.407 e. The predicted octanol–water partition coefficient (Wildman–Crippen LogP) is 4.52. The summed E-state index contributed by atoms with van der Waals surface area (Å²) in [6.45, 7) is 1.91. The summed E-state index contributed by atoms with van der Waals surface area (Å²) >= 11 is 3.40. The van der Waals surface area contributed by atoms with Crippen molar-refractivity contribution in [3.63, 3.8) is 0 Å². The fourth-order valence-electron chi connectivity index (χ4n) is 2.80. The van der Waals surface area contributed by atoms with Crippen LogP contribution < -0.4 is 10.7 Å². The van der Waals surface area contributed by atoms with Crippen molar-refractivity contribution in [2.24, 2.45) is 5.10 Å². The Morgan fingerprint density at radius 3 is 2.55 bits per heavy atom. The molecule has 1 atom stereocenters. The van der Waals surface area contributed by atoms with Gasteiger partial charge in [0.25, 0.3) is 5.91 Å². The van der Waals surface area contributed by atoms with Crippen molar-refractivity contribution < 1.29 is 18.7 Å². The van der Waals surface area contributed by atoms with Crippen molar-refractivity contribution >= 4 is 34.1 Å². The van der Waals surface area contributed by atoms with Crippen LogP contribution in [0.4, 0.5) is 4.79 Å². The molecule has 0 aliphatic rings. The normalized spacial score (nSPS) is 11.8. The number of rotatable bonds is 8. The van der Waals surface area contributed by atoms with Gasteiger partial charge in [-0.25, -0.2) is 10.2 Å². The van der Waals surface area contributed by atoms with Crippen LogP contribution in [0, 0.1) is 0 Å². The quantitative estimate of drug-likeness (QED) is 0.363. The van der Waals surface area contributed by atoms with Crippen LogP contribution in [0.3, 0.4) is 0 Å². The molecular weight excluding hydrogens is 462 g/mol. The van der Waals surface area contributed by atoms with Gasteiger partial charge >= 0.3 is 6.09 Å². The standard InChI is InChI=1S/C23H22BrN3O4/c1-2-30-23(29)26-20(14-16-6-4-3-5-7-16)22(28)27-25-15-19-12-13-21(31-19)17-8-10-18(24)11-9-17/h3-13,15,20H,2,14H2,1H3,(H,26,29)(H,27,28)/b25-15-/t20-/m0/s1. The van der Waals surface area contributed by atoms with E-state index in [0.29, 0.717) is 17.9 Å². The highest BCUT2D eigenvalue weighted by Crippen LogP contribution is 2.23. The fourth-order valence-corrected chi connectivity index (χ4v) is 3.07. The molecule has 0 bridgehead atoms. The molecule has 2 aromatic carbocycles. The number of nitrogens with zero attached hydrogens (tertiary/aromatic N) is 1. The first kappa shape index (κ1) is 22.3. The van der Waals surface area contributed by atoms with E-state index < -0.39 is 18.0 Å². The first-order valence-electron chi connectivity index (χ1n) is 9.71. The van der Waals surface area contributed by atoms with Crippen molar-refractivity contribution in [3.05, 3.63) is 82.5 Å². The van der Waals surface area contributed by atoms with Crippen LogP contribution in [0.15, 0.2) is 80.7 Å². The predicted molar refractivity (Wildman–Crippen MR) is 122 cm³/mol. The molecule has 2 amide bonds. The molecule has 0 spiro atoms. The summed E-state index contributed by atoms with van der Waals surface area (Å²) < 4.78 is 11.6. The van der Waals surface area contributed by atoms with Crippen LogP contribution in [-0.4, -0.2) is 30.9 Å². The van der Waals surface area contributed by atoms with Crippen molar-refractivity contribution in [1.29, 1.82) is 0 Å². The number of amides is 2. The van der Waals surface area contributed by atoms with Crippen molar-refractivity contribution in [1.82, 2.24) is 10.7 Å². The molecule has 0 unspecified atom stereocenters. The van der Waals surface area contributed by atoms with E-state index in [9.17, 15) is 9.59 Å². The van der Waals surface area contributed by atoms with Gasteiger partial charge in [-0.15, -0.1) is 0 Å². The summed E-state index contributed by atoms with van der Waals surface area (Å²) in [5.41, 5.74) is 4.27. The van der Waals surface area contributed by atoms with E-state index >= 15 is 0 Å². The van der Waals surface area contributed by atoms with Gasteiger partial charge in [-0.3, -0.25) is 4.79 Å². The van der Waals surface area contributed by atoms with Gasteiger partial charge in [-0.2, -0.15) is 5.10 Å². The maximum absolute atomic E-state index is 12.6. The summed E-state index contributed by atoms with van der Waals surface area (Å²) in [6, 6.07) is 19.8. The van der Waals surface area contributed by atoms with Gasteiger partial charge < -0.3 is 14.5 Å². The smallest absolute Gasteiger partial charge is 0.407 e. The van der Waals surface area contributed by atoms with Crippen LogP contribution in [0.1, 0.15) is 18.2 Å². The number of hydrogen-bond donors (Lipinski definition) is 2. The topological polar surface area (TPSA) is 92.9 Å². The first-order valence-corrected chi connectivity index (χ1v) is 10.5. The Kier molecular flexibility index (Phi) is 8.00. The second-order valence-electron chi connectivity index (χ2n) is 6.55. The number of ether oxygens (including phenoxy) is 1. The van der Waals surface area contributed by atoms with E-state index in [1.54, 1.807) is 13.0 Å². The number of carbonyl (C=O) groups is 2. The number of hydrogen-bond acceptors (Lipinski definition) is 5. The van der Waals surface area contributed by atoms with Crippen LogP contribution in [0.5, 0.6) is 0 Å². The molecule has 8 heteroatoms. The molecule has 7 nitrogen and oxygen atoms in total. The average molecular weight is 484 g/mol. The third-order valence-electron chi connectivity index (χ3n) is 4.29. The lowest BCUT2D eigenvalue weighted by atomic mass is 10.1. The van der Waals surface area contributed by atoms with Gasteiger partial charge in [0.05, 0.1) is 12.8 Å².